The Morgan fingerprint density at radius 1 is 0.750 bits per heavy atom. The van der Waals surface area contributed by atoms with E-state index in [0.29, 0.717) is 5.78 Å². The number of carbonyl (C=O) groups is 1. The number of hydrogen-bond acceptors (Lipinski definition) is 1. The van der Waals surface area contributed by atoms with E-state index in [0.717, 1.165) is 32.1 Å². The summed E-state index contributed by atoms with van der Waals surface area (Å²) in [6, 6.07) is 0. The predicted octanol–water partition coefficient (Wildman–Crippen LogP) is 6.61. The van der Waals surface area contributed by atoms with Gasteiger partial charge in [0.25, 0.3) is 0 Å². The van der Waals surface area contributed by atoms with Crippen LogP contribution in [0.25, 0.3) is 0 Å². The Morgan fingerprint density at radius 2 is 1.20 bits per heavy atom. The number of carbonyl (C=O) groups excluding carboxylic acids is 1. The molecule has 0 aliphatic rings. The van der Waals surface area contributed by atoms with Crippen LogP contribution in [0, 0.1) is 0 Å². The molecule has 0 fully saturated rings. The molecule has 0 unspecified atom stereocenters. The van der Waals surface area contributed by atoms with Crippen LogP contribution in [0.3, 0.4) is 0 Å². The van der Waals surface area contributed by atoms with E-state index in [2.05, 4.69) is 13.5 Å². The van der Waals surface area contributed by atoms with Crippen molar-refractivity contribution in [1.29, 1.82) is 0 Å². The smallest absolute Gasteiger partial charge is 0.132 e. The standard InChI is InChI=1S/C19H36O/c1-3-5-7-9-11-12-14-16-18-19(20)17-15-13-10-8-6-4-2/h3H,1,4-18H2,2H3. The molecule has 0 aliphatic heterocycles. The van der Waals surface area contributed by atoms with E-state index in [1.165, 1.54) is 64.2 Å². The van der Waals surface area contributed by atoms with Gasteiger partial charge >= 0.3 is 0 Å². The molecule has 0 aromatic heterocycles. The minimum Gasteiger partial charge on any atom is -0.300 e. The molecule has 1 heteroatoms. The topological polar surface area (TPSA) is 17.1 Å². The van der Waals surface area contributed by atoms with E-state index < -0.39 is 0 Å². The van der Waals surface area contributed by atoms with Crippen LogP contribution in [0.1, 0.15) is 103 Å². The monoisotopic (exact) mass is 280 g/mol. The van der Waals surface area contributed by atoms with Gasteiger partial charge in [0.05, 0.1) is 0 Å². The van der Waals surface area contributed by atoms with E-state index in [1.807, 2.05) is 6.08 Å². The lowest BCUT2D eigenvalue weighted by molar-refractivity contribution is -0.119. The van der Waals surface area contributed by atoms with Gasteiger partial charge < -0.3 is 0 Å². The minimum atomic E-state index is 0.493. The van der Waals surface area contributed by atoms with Gasteiger partial charge in [0.2, 0.25) is 0 Å². The lowest BCUT2D eigenvalue weighted by Crippen LogP contribution is -1.97. The van der Waals surface area contributed by atoms with Gasteiger partial charge in [-0.25, -0.2) is 0 Å². The predicted molar refractivity (Wildman–Crippen MR) is 90.1 cm³/mol. The fourth-order valence-corrected chi connectivity index (χ4v) is 2.55. The first-order valence-corrected chi connectivity index (χ1v) is 8.93. The first kappa shape index (κ1) is 19.4. The van der Waals surface area contributed by atoms with Gasteiger partial charge in [-0.05, 0) is 25.7 Å². The van der Waals surface area contributed by atoms with E-state index >= 15 is 0 Å². The van der Waals surface area contributed by atoms with Gasteiger partial charge in [-0.3, -0.25) is 4.79 Å². The second kappa shape index (κ2) is 16.5. The molecular formula is C19H36O. The highest BCUT2D eigenvalue weighted by Crippen LogP contribution is 2.11. The van der Waals surface area contributed by atoms with Crippen molar-refractivity contribution in [3.05, 3.63) is 12.7 Å². The second-order valence-corrected chi connectivity index (χ2v) is 6.01. The third-order valence-corrected chi connectivity index (χ3v) is 3.92. The van der Waals surface area contributed by atoms with Crippen molar-refractivity contribution in [3.8, 4) is 0 Å². The molecule has 1 nitrogen and oxygen atoms in total. The zero-order valence-corrected chi connectivity index (χ0v) is 13.8. The average Bonchev–Trinajstić information content (AvgIpc) is 2.45. The maximum absolute atomic E-state index is 11.7. The first-order valence-electron chi connectivity index (χ1n) is 8.93. The molecule has 0 saturated heterocycles. The molecule has 20 heavy (non-hydrogen) atoms. The van der Waals surface area contributed by atoms with Crippen molar-refractivity contribution >= 4 is 5.78 Å². The van der Waals surface area contributed by atoms with Gasteiger partial charge in [0.15, 0.2) is 0 Å². The van der Waals surface area contributed by atoms with Crippen LogP contribution in [-0.4, -0.2) is 5.78 Å². The van der Waals surface area contributed by atoms with Gasteiger partial charge in [0.1, 0.15) is 5.78 Å². The Hall–Kier alpha value is -0.590. The van der Waals surface area contributed by atoms with Crippen LogP contribution < -0.4 is 0 Å². The first-order chi connectivity index (χ1) is 9.81. The number of hydrogen-bond donors (Lipinski definition) is 0. The molecule has 0 atom stereocenters. The van der Waals surface area contributed by atoms with Crippen LogP contribution in [-0.2, 0) is 4.79 Å². The van der Waals surface area contributed by atoms with Gasteiger partial charge in [0, 0.05) is 12.8 Å². The lowest BCUT2D eigenvalue weighted by atomic mass is 10.0. The Kier molecular flexibility index (Phi) is 16.0. The summed E-state index contributed by atoms with van der Waals surface area (Å²) < 4.78 is 0. The van der Waals surface area contributed by atoms with Gasteiger partial charge in [-0.15, -0.1) is 6.58 Å². The molecule has 118 valence electrons. The van der Waals surface area contributed by atoms with Crippen molar-refractivity contribution in [3.63, 3.8) is 0 Å². The zero-order chi connectivity index (χ0) is 14.9. The van der Waals surface area contributed by atoms with Crippen molar-refractivity contribution in [1.82, 2.24) is 0 Å². The summed E-state index contributed by atoms with van der Waals surface area (Å²) in [7, 11) is 0. The van der Waals surface area contributed by atoms with Crippen molar-refractivity contribution < 1.29 is 4.79 Å². The Morgan fingerprint density at radius 3 is 1.70 bits per heavy atom. The van der Waals surface area contributed by atoms with Crippen molar-refractivity contribution in [2.75, 3.05) is 0 Å². The summed E-state index contributed by atoms with van der Waals surface area (Å²) in [6.45, 7) is 5.97. The highest BCUT2D eigenvalue weighted by molar-refractivity contribution is 5.78. The molecule has 0 heterocycles. The van der Waals surface area contributed by atoms with Crippen LogP contribution in [0.2, 0.25) is 0 Å². The van der Waals surface area contributed by atoms with Crippen LogP contribution in [0.5, 0.6) is 0 Å². The molecule has 0 aliphatic carbocycles. The Bertz CT molecular complexity index is 220. The second-order valence-electron chi connectivity index (χ2n) is 6.01. The highest BCUT2D eigenvalue weighted by Gasteiger charge is 2.01. The van der Waals surface area contributed by atoms with Gasteiger partial charge in [-0.1, -0.05) is 70.8 Å². The molecule has 0 saturated carbocycles. The summed E-state index contributed by atoms with van der Waals surface area (Å²) in [5.74, 6) is 0.493. The summed E-state index contributed by atoms with van der Waals surface area (Å²) in [5, 5.41) is 0. The molecule has 0 bridgehead atoms. The van der Waals surface area contributed by atoms with E-state index in [9.17, 15) is 4.79 Å². The number of Topliss-reactive ketones (excluding diaryl/α,β-unsaturated/α-hetero) is 1. The van der Waals surface area contributed by atoms with Crippen molar-refractivity contribution in [2.45, 2.75) is 103 Å². The van der Waals surface area contributed by atoms with Gasteiger partial charge in [-0.2, -0.15) is 0 Å². The molecular weight excluding hydrogens is 244 g/mol. The molecule has 0 rings (SSSR count). The minimum absolute atomic E-state index is 0.493. The number of unbranched alkanes of at least 4 members (excludes halogenated alkanes) is 11. The highest BCUT2D eigenvalue weighted by atomic mass is 16.1. The molecule has 0 amide bonds. The quantitative estimate of drug-likeness (QED) is 0.229. The number of allylic oxidation sites excluding steroid dienone is 1. The van der Waals surface area contributed by atoms with Crippen LogP contribution in [0.15, 0.2) is 12.7 Å². The summed E-state index contributed by atoms with van der Waals surface area (Å²) in [5.41, 5.74) is 0. The number of ketones is 1. The molecule has 0 N–H and O–H groups in total. The summed E-state index contributed by atoms with van der Waals surface area (Å²) in [4.78, 5) is 11.7. The maximum atomic E-state index is 11.7. The molecule has 0 radical (unpaired) electrons. The molecule has 0 spiro atoms. The molecule has 0 aromatic carbocycles. The largest absolute Gasteiger partial charge is 0.300 e. The maximum Gasteiger partial charge on any atom is 0.132 e. The van der Waals surface area contributed by atoms with E-state index in [1.54, 1.807) is 0 Å². The van der Waals surface area contributed by atoms with Crippen molar-refractivity contribution in [2.24, 2.45) is 0 Å². The van der Waals surface area contributed by atoms with E-state index in [4.69, 9.17) is 0 Å². The summed E-state index contributed by atoms with van der Waals surface area (Å²) in [6.07, 6.45) is 20.0. The Balaban J connectivity index is 3.14. The fourth-order valence-electron chi connectivity index (χ4n) is 2.55. The molecule has 0 aromatic rings. The average molecular weight is 280 g/mol. The van der Waals surface area contributed by atoms with E-state index in [-0.39, 0.29) is 0 Å². The summed E-state index contributed by atoms with van der Waals surface area (Å²) >= 11 is 0. The lowest BCUT2D eigenvalue weighted by Gasteiger charge is -2.02. The number of rotatable bonds is 16. The third-order valence-electron chi connectivity index (χ3n) is 3.92. The van der Waals surface area contributed by atoms with Crippen LogP contribution in [0.4, 0.5) is 0 Å². The third kappa shape index (κ3) is 15.5. The van der Waals surface area contributed by atoms with Crippen LogP contribution >= 0.6 is 0 Å². The fraction of sp³-hybridized carbons (Fsp3) is 0.842. The Labute approximate surface area is 127 Å². The normalized spacial score (nSPS) is 10.7. The zero-order valence-electron chi connectivity index (χ0n) is 13.8. The SMILES string of the molecule is C=CCCCCCCCCC(=O)CCCCCCCC.